The van der Waals surface area contributed by atoms with Crippen molar-refractivity contribution in [2.45, 2.75) is 31.6 Å². The fraction of sp³-hybridized carbons (Fsp3) is 0.571. The van der Waals surface area contributed by atoms with Crippen LogP contribution in [0.4, 0.5) is 0 Å². The van der Waals surface area contributed by atoms with Crippen LogP contribution in [-0.4, -0.2) is 19.8 Å². The van der Waals surface area contributed by atoms with Crippen molar-refractivity contribution >= 4 is 0 Å². The van der Waals surface area contributed by atoms with E-state index < -0.39 is 0 Å². The van der Waals surface area contributed by atoms with Crippen LogP contribution in [0, 0.1) is 0 Å². The van der Waals surface area contributed by atoms with E-state index >= 15 is 0 Å². The Balaban J connectivity index is 2.20. The lowest BCUT2D eigenvalue weighted by molar-refractivity contribution is -0.0631. The molecular weight excluding hydrogens is 198 g/mol. The molecule has 1 saturated heterocycles. The standard InChI is InChI=1S/C14H21NO/c1-11(2)12-3-5-13(6-4-12)14(7-8-15)9-16-10-14/h3-6,11H,7-10,15H2,1-2H3. The third-order valence-corrected chi connectivity index (χ3v) is 3.57. The summed E-state index contributed by atoms with van der Waals surface area (Å²) in [6.07, 6.45) is 1.02. The molecule has 0 unspecified atom stereocenters. The molecule has 2 rings (SSSR count). The fourth-order valence-corrected chi connectivity index (χ4v) is 2.30. The molecule has 1 aromatic carbocycles. The van der Waals surface area contributed by atoms with Gasteiger partial charge in [-0.3, -0.25) is 0 Å². The molecule has 0 radical (unpaired) electrons. The first-order chi connectivity index (χ1) is 7.68. The van der Waals surface area contributed by atoms with Gasteiger partial charge in [0.25, 0.3) is 0 Å². The van der Waals surface area contributed by atoms with Gasteiger partial charge in [-0.2, -0.15) is 0 Å². The van der Waals surface area contributed by atoms with Gasteiger partial charge in [0, 0.05) is 5.41 Å². The van der Waals surface area contributed by atoms with E-state index in [9.17, 15) is 0 Å². The van der Waals surface area contributed by atoms with Crippen LogP contribution in [0.5, 0.6) is 0 Å². The Morgan fingerprint density at radius 3 is 2.25 bits per heavy atom. The summed E-state index contributed by atoms with van der Waals surface area (Å²) in [6.45, 7) is 6.82. The van der Waals surface area contributed by atoms with Gasteiger partial charge >= 0.3 is 0 Å². The zero-order valence-electron chi connectivity index (χ0n) is 10.2. The summed E-state index contributed by atoms with van der Waals surface area (Å²) >= 11 is 0. The molecule has 2 heteroatoms. The Bertz CT molecular complexity index is 338. The third-order valence-electron chi connectivity index (χ3n) is 3.57. The minimum absolute atomic E-state index is 0.199. The van der Waals surface area contributed by atoms with Crippen molar-refractivity contribution in [1.29, 1.82) is 0 Å². The SMILES string of the molecule is CC(C)c1ccc(C2(CCN)COC2)cc1. The summed E-state index contributed by atoms with van der Waals surface area (Å²) in [7, 11) is 0. The summed E-state index contributed by atoms with van der Waals surface area (Å²) < 4.78 is 5.37. The van der Waals surface area contributed by atoms with Crippen molar-refractivity contribution in [1.82, 2.24) is 0 Å². The van der Waals surface area contributed by atoms with Gasteiger partial charge in [0.15, 0.2) is 0 Å². The molecule has 88 valence electrons. The molecular formula is C14H21NO. The van der Waals surface area contributed by atoms with E-state index in [4.69, 9.17) is 10.5 Å². The summed E-state index contributed by atoms with van der Waals surface area (Å²) in [6, 6.07) is 8.95. The first-order valence-corrected chi connectivity index (χ1v) is 6.06. The van der Waals surface area contributed by atoms with Crippen molar-refractivity contribution in [2.75, 3.05) is 19.8 Å². The monoisotopic (exact) mass is 219 g/mol. The van der Waals surface area contributed by atoms with E-state index in [0.717, 1.165) is 26.2 Å². The average molecular weight is 219 g/mol. The molecule has 0 aliphatic carbocycles. The maximum absolute atomic E-state index is 5.68. The molecule has 0 amide bonds. The van der Waals surface area contributed by atoms with Crippen molar-refractivity contribution in [2.24, 2.45) is 5.73 Å². The van der Waals surface area contributed by atoms with Crippen LogP contribution in [-0.2, 0) is 10.2 Å². The molecule has 0 bridgehead atoms. The Morgan fingerprint density at radius 2 is 1.88 bits per heavy atom. The normalized spacial score (nSPS) is 18.5. The second-order valence-corrected chi connectivity index (χ2v) is 5.09. The maximum Gasteiger partial charge on any atom is 0.0586 e. The van der Waals surface area contributed by atoms with Gasteiger partial charge in [-0.05, 0) is 30.0 Å². The second-order valence-electron chi connectivity index (χ2n) is 5.09. The molecule has 0 saturated carbocycles. The number of hydrogen-bond acceptors (Lipinski definition) is 2. The Hall–Kier alpha value is -0.860. The summed E-state index contributed by atoms with van der Waals surface area (Å²) in [4.78, 5) is 0. The molecule has 1 fully saturated rings. The van der Waals surface area contributed by atoms with Gasteiger partial charge in [0.2, 0.25) is 0 Å². The lowest BCUT2D eigenvalue weighted by Crippen LogP contribution is -2.48. The molecule has 0 atom stereocenters. The Labute approximate surface area is 97.8 Å². The summed E-state index contributed by atoms with van der Waals surface area (Å²) in [5, 5.41) is 0. The van der Waals surface area contributed by atoms with Crippen LogP contribution >= 0.6 is 0 Å². The molecule has 1 aliphatic rings. The smallest absolute Gasteiger partial charge is 0.0586 e. The van der Waals surface area contributed by atoms with Gasteiger partial charge in [-0.15, -0.1) is 0 Å². The van der Waals surface area contributed by atoms with Crippen molar-refractivity contribution < 1.29 is 4.74 Å². The third kappa shape index (κ3) is 2.00. The number of ether oxygens (including phenoxy) is 1. The molecule has 1 heterocycles. The first kappa shape index (κ1) is 11.6. The average Bonchev–Trinajstić information content (AvgIpc) is 2.23. The van der Waals surface area contributed by atoms with Crippen LogP contribution < -0.4 is 5.73 Å². The van der Waals surface area contributed by atoms with Crippen molar-refractivity contribution in [3.63, 3.8) is 0 Å². The highest BCUT2D eigenvalue weighted by molar-refractivity contribution is 5.32. The molecule has 16 heavy (non-hydrogen) atoms. The van der Waals surface area contributed by atoms with Crippen LogP contribution in [0.25, 0.3) is 0 Å². The predicted octanol–water partition coefficient (Wildman–Crippen LogP) is 2.43. The zero-order chi connectivity index (χ0) is 11.6. The fourth-order valence-electron chi connectivity index (χ4n) is 2.30. The van der Waals surface area contributed by atoms with E-state index in [2.05, 4.69) is 38.1 Å². The molecule has 2 nitrogen and oxygen atoms in total. The molecule has 1 aliphatic heterocycles. The predicted molar refractivity (Wildman–Crippen MR) is 66.7 cm³/mol. The van der Waals surface area contributed by atoms with E-state index in [-0.39, 0.29) is 5.41 Å². The molecule has 0 aromatic heterocycles. The van der Waals surface area contributed by atoms with Crippen molar-refractivity contribution in [3.8, 4) is 0 Å². The first-order valence-electron chi connectivity index (χ1n) is 6.06. The van der Waals surface area contributed by atoms with Crippen LogP contribution in [0.1, 0.15) is 37.3 Å². The van der Waals surface area contributed by atoms with E-state index in [1.165, 1.54) is 11.1 Å². The lowest BCUT2D eigenvalue weighted by atomic mass is 9.75. The lowest BCUT2D eigenvalue weighted by Gasteiger charge is -2.42. The number of nitrogens with two attached hydrogens (primary N) is 1. The van der Waals surface area contributed by atoms with Gasteiger partial charge in [-0.1, -0.05) is 38.1 Å². The highest BCUT2D eigenvalue weighted by Gasteiger charge is 2.39. The minimum Gasteiger partial charge on any atom is -0.379 e. The summed E-state index contributed by atoms with van der Waals surface area (Å²) in [5.41, 5.74) is 8.66. The topological polar surface area (TPSA) is 35.2 Å². The van der Waals surface area contributed by atoms with E-state index in [0.29, 0.717) is 5.92 Å². The van der Waals surface area contributed by atoms with Crippen molar-refractivity contribution in [3.05, 3.63) is 35.4 Å². The summed E-state index contributed by atoms with van der Waals surface area (Å²) in [5.74, 6) is 0.595. The molecule has 1 aromatic rings. The number of rotatable bonds is 4. The van der Waals surface area contributed by atoms with Crippen LogP contribution in [0.2, 0.25) is 0 Å². The highest BCUT2D eigenvalue weighted by Crippen LogP contribution is 2.35. The second kappa shape index (κ2) is 4.56. The van der Waals surface area contributed by atoms with E-state index in [1.807, 2.05) is 0 Å². The number of benzene rings is 1. The molecule has 0 spiro atoms. The Kier molecular flexibility index (Phi) is 3.31. The Morgan fingerprint density at radius 1 is 1.25 bits per heavy atom. The van der Waals surface area contributed by atoms with E-state index in [1.54, 1.807) is 0 Å². The highest BCUT2D eigenvalue weighted by atomic mass is 16.5. The number of hydrogen-bond donors (Lipinski definition) is 1. The van der Waals surface area contributed by atoms with Crippen LogP contribution in [0.15, 0.2) is 24.3 Å². The zero-order valence-corrected chi connectivity index (χ0v) is 10.2. The van der Waals surface area contributed by atoms with Gasteiger partial charge in [-0.25, -0.2) is 0 Å². The largest absolute Gasteiger partial charge is 0.379 e. The minimum atomic E-state index is 0.199. The van der Waals surface area contributed by atoms with Crippen LogP contribution in [0.3, 0.4) is 0 Å². The molecule has 2 N–H and O–H groups in total. The quantitative estimate of drug-likeness (QED) is 0.844. The van der Waals surface area contributed by atoms with Gasteiger partial charge in [0.1, 0.15) is 0 Å². The maximum atomic E-state index is 5.68. The van der Waals surface area contributed by atoms with Gasteiger partial charge in [0.05, 0.1) is 13.2 Å². The van der Waals surface area contributed by atoms with Gasteiger partial charge < -0.3 is 10.5 Å².